The number of aromatic hydroxyl groups is 1. The number of hydrogen-bond donors (Lipinski definition) is 7. The van der Waals surface area contributed by atoms with Crippen molar-refractivity contribution in [3.05, 3.63) is 77.9 Å². The van der Waals surface area contributed by atoms with Crippen molar-refractivity contribution in [2.75, 3.05) is 26.2 Å². The minimum absolute atomic E-state index is 0.0730. The van der Waals surface area contributed by atoms with Crippen LogP contribution >= 0.6 is 0 Å². The van der Waals surface area contributed by atoms with Gasteiger partial charge in [0, 0.05) is 26.1 Å². The number of nitrogens with one attached hydrogen (secondary N) is 2. The Bertz CT molecular complexity index is 1490. The smallest absolute Gasteiger partial charge is 0.245 e. The van der Waals surface area contributed by atoms with Crippen molar-refractivity contribution in [3.63, 3.8) is 0 Å². The average Bonchev–Trinajstić information content (AvgIpc) is 3.02. The number of rotatable bonds is 16. The Kier molecular flexibility index (Phi) is 13.0. The maximum absolute atomic E-state index is 13.3. The highest BCUT2D eigenvalue weighted by Crippen LogP contribution is 2.19. The molecule has 240 valence electrons. The summed E-state index contributed by atoms with van der Waals surface area (Å²) in [7, 11) is 0. The number of nitrogens with zero attached hydrogens (tertiary/aromatic N) is 3. The molecule has 0 aromatic heterocycles. The molecule has 13 heteroatoms. The summed E-state index contributed by atoms with van der Waals surface area (Å²) in [5.74, 6) is -1.69. The van der Waals surface area contributed by atoms with E-state index >= 15 is 0 Å². The largest absolute Gasteiger partial charge is 0.508 e. The van der Waals surface area contributed by atoms with Gasteiger partial charge >= 0.3 is 0 Å². The van der Waals surface area contributed by atoms with Gasteiger partial charge in [-0.1, -0.05) is 54.6 Å². The Morgan fingerprint density at radius 1 is 0.911 bits per heavy atom. The second kappa shape index (κ2) is 17.1. The zero-order valence-corrected chi connectivity index (χ0v) is 25.5. The van der Waals surface area contributed by atoms with Crippen molar-refractivity contribution in [2.24, 2.45) is 32.9 Å². The number of aliphatic imine (C=N–C) groups is 2. The number of carbonyl (C=O) groups is 3. The van der Waals surface area contributed by atoms with Gasteiger partial charge in [-0.25, -0.2) is 4.99 Å². The van der Waals surface area contributed by atoms with Crippen LogP contribution in [0, 0.1) is 0 Å². The van der Waals surface area contributed by atoms with E-state index in [4.69, 9.17) is 22.9 Å². The monoisotopic (exact) mass is 617 g/mol. The number of hydrogen-bond acceptors (Lipinski definition) is 6. The normalized spacial score (nSPS) is 12.0. The van der Waals surface area contributed by atoms with Gasteiger partial charge in [-0.05, 0) is 60.2 Å². The van der Waals surface area contributed by atoms with E-state index in [0.717, 1.165) is 16.3 Å². The van der Waals surface area contributed by atoms with Crippen LogP contribution < -0.4 is 33.6 Å². The fourth-order valence-electron chi connectivity index (χ4n) is 4.90. The van der Waals surface area contributed by atoms with E-state index in [9.17, 15) is 19.5 Å². The number of carbonyl (C=O) groups excluding carboxylic acids is 3. The summed E-state index contributed by atoms with van der Waals surface area (Å²) in [6.07, 6.45) is 1.34. The van der Waals surface area contributed by atoms with Crippen molar-refractivity contribution < 1.29 is 19.5 Å². The summed E-state index contributed by atoms with van der Waals surface area (Å²) in [6, 6.07) is 18.4. The Hall–Kier alpha value is -5.33. The first-order valence-corrected chi connectivity index (χ1v) is 14.8. The summed E-state index contributed by atoms with van der Waals surface area (Å²) in [4.78, 5) is 49.4. The molecule has 3 amide bonds. The third kappa shape index (κ3) is 11.0. The second-order valence-corrected chi connectivity index (χ2v) is 10.5. The highest BCUT2D eigenvalue weighted by Gasteiger charge is 2.26. The standard InChI is InChI=1S/C32H43N9O4/c1-2-41(18-16-23-9-5-8-22-7-3-4-10-25(22)23)28(43)20-38-29(44)26(11-6-17-37-31(33)34)39-30(45)27(40-32(35)36)19-21-12-14-24(42)15-13-21/h3-5,7-10,12-15,26-27,42H,2,6,11,16-20H2,1H3,(H,38,44)(H,39,45)(H4,33,34,37)(H4,35,36,40)/t26-,27+/m1/s1. The average molecular weight is 618 g/mol. The minimum Gasteiger partial charge on any atom is -0.508 e. The van der Waals surface area contributed by atoms with Gasteiger partial charge in [0.2, 0.25) is 17.7 Å². The maximum atomic E-state index is 13.3. The van der Waals surface area contributed by atoms with E-state index in [1.165, 1.54) is 12.1 Å². The lowest BCUT2D eigenvalue weighted by atomic mass is 10.0. The molecular weight excluding hydrogens is 574 g/mol. The third-order valence-electron chi connectivity index (χ3n) is 7.23. The molecule has 0 fully saturated rings. The predicted molar refractivity (Wildman–Crippen MR) is 176 cm³/mol. The Morgan fingerprint density at radius 3 is 2.31 bits per heavy atom. The molecule has 0 saturated carbocycles. The number of benzene rings is 3. The van der Waals surface area contributed by atoms with Gasteiger partial charge in [0.05, 0.1) is 6.54 Å². The van der Waals surface area contributed by atoms with Crippen LogP contribution in [0.5, 0.6) is 5.75 Å². The summed E-state index contributed by atoms with van der Waals surface area (Å²) >= 11 is 0. The molecule has 45 heavy (non-hydrogen) atoms. The van der Waals surface area contributed by atoms with Crippen LogP contribution in [0.4, 0.5) is 0 Å². The van der Waals surface area contributed by atoms with E-state index in [1.807, 2.05) is 25.1 Å². The number of likely N-dealkylation sites (N-methyl/N-ethyl adjacent to an activating group) is 1. The van der Waals surface area contributed by atoms with Gasteiger partial charge in [0.15, 0.2) is 11.9 Å². The molecule has 0 aliphatic heterocycles. The number of phenolic OH excluding ortho intramolecular Hbond substituents is 1. The predicted octanol–water partition coefficient (Wildman–Crippen LogP) is 0.476. The molecule has 0 heterocycles. The van der Waals surface area contributed by atoms with Crippen molar-refractivity contribution >= 4 is 40.4 Å². The quantitative estimate of drug-likeness (QED) is 0.0677. The van der Waals surface area contributed by atoms with Gasteiger partial charge in [-0.3, -0.25) is 19.4 Å². The van der Waals surface area contributed by atoms with Crippen LogP contribution in [0.3, 0.4) is 0 Å². The first-order valence-electron chi connectivity index (χ1n) is 14.8. The van der Waals surface area contributed by atoms with Crippen LogP contribution in [0.25, 0.3) is 10.8 Å². The van der Waals surface area contributed by atoms with Gasteiger partial charge in [0.25, 0.3) is 0 Å². The molecule has 0 aliphatic rings. The molecule has 11 N–H and O–H groups in total. The Balaban J connectivity index is 1.66. The molecule has 3 rings (SSSR count). The lowest BCUT2D eigenvalue weighted by molar-refractivity contribution is -0.134. The number of guanidine groups is 2. The summed E-state index contributed by atoms with van der Waals surface area (Å²) in [5, 5.41) is 17.2. The first kappa shape index (κ1) is 34.2. The van der Waals surface area contributed by atoms with E-state index in [2.05, 4.69) is 44.9 Å². The SMILES string of the molecule is CCN(CCc1cccc2ccccc12)C(=O)CNC(=O)[C@@H](CCCN=C(N)N)NC(=O)[C@H](Cc1ccc(O)cc1)N=C(N)N. The molecule has 2 atom stereocenters. The van der Waals surface area contributed by atoms with Gasteiger partial charge in [0.1, 0.15) is 17.8 Å². The second-order valence-electron chi connectivity index (χ2n) is 10.5. The van der Waals surface area contributed by atoms with Crippen molar-refractivity contribution in [1.29, 1.82) is 0 Å². The topological polar surface area (TPSA) is 228 Å². The van der Waals surface area contributed by atoms with Gasteiger partial charge < -0.3 is 43.6 Å². The molecule has 0 radical (unpaired) electrons. The van der Waals surface area contributed by atoms with Crippen LogP contribution in [0.15, 0.2) is 76.7 Å². The van der Waals surface area contributed by atoms with Crippen molar-refractivity contribution in [2.45, 2.75) is 44.7 Å². The molecule has 0 bridgehead atoms. The van der Waals surface area contributed by atoms with Crippen LogP contribution in [0.1, 0.15) is 30.9 Å². The van der Waals surface area contributed by atoms with E-state index in [-0.39, 0.29) is 49.5 Å². The third-order valence-corrected chi connectivity index (χ3v) is 7.23. The summed E-state index contributed by atoms with van der Waals surface area (Å²) in [5.41, 5.74) is 23.8. The fourth-order valence-corrected chi connectivity index (χ4v) is 4.90. The molecular formula is C32H43N9O4. The summed E-state index contributed by atoms with van der Waals surface area (Å²) < 4.78 is 0. The lowest BCUT2D eigenvalue weighted by Crippen LogP contribution is -2.52. The molecule has 0 spiro atoms. The zero-order valence-electron chi connectivity index (χ0n) is 25.5. The molecule has 3 aromatic carbocycles. The molecule has 3 aromatic rings. The minimum atomic E-state index is -1.04. The van der Waals surface area contributed by atoms with Crippen LogP contribution in [-0.2, 0) is 27.2 Å². The van der Waals surface area contributed by atoms with E-state index in [1.54, 1.807) is 17.0 Å². The highest BCUT2D eigenvalue weighted by atomic mass is 16.3. The number of amides is 3. The molecule has 0 aliphatic carbocycles. The molecule has 0 saturated heterocycles. The highest BCUT2D eigenvalue weighted by molar-refractivity contribution is 5.93. The molecule has 13 nitrogen and oxygen atoms in total. The van der Waals surface area contributed by atoms with Crippen LogP contribution in [0.2, 0.25) is 0 Å². The van der Waals surface area contributed by atoms with Crippen molar-refractivity contribution in [1.82, 2.24) is 15.5 Å². The van der Waals surface area contributed by atoms with E-state index < -0.39 is 23.9 Å². The number of fused-ring (bicyclic) bond motifs is 1. The summed E-state index contributed by atoms with van der Waals surface area (Å²) in [6.45, 7) is 2.83. The number of phenols is 1. The van der Waals surface area contributed by atoms with Gasteiger partial charge in [-0.2, -0.15) is 0 Å². The fraction of sp³-hybridized carbons (Fsp3) is 0.344. The van der Waals surface area contributed by atoms with Gasteiger partial charge in [-0.15, -0.1) is 0 Å². The van der Waals surface area contributed by atoms with E-state index in [0.29, 0.717) is 31.5 Å². The van der Waals surface area contributed by atoms with Crippen LogP contribution in [-0.4, -0.2) is 77.9 Å². The van der Waals surface area contributed by atoms with Crippen molar-refractivity contribution in [3.8, 4) is 5.75 Å². The maximum Gasteiger partial charge on any atom is 0.245 e. The Morgan fingerprint density at radius 2 is 1.62 bits per heavy atom. The first-order chi connectivity index (χ1) is 21.6. The Labute approximate surface area is 262 Å². The zero-order chi connectivity index (χ0) is 32.8. The number of nitrogens with two attached hydrogens (primary N) is 4. The molecule has 0 unspecified atom stereocenters. The lowest BCUT2D eigenvalue weighted by Gasteiger charge is -2.24.